The minimum atomic E-state index is -0.481. The summed E-state index contributed by atoms with van der Waals surface area (Å²) in [5, 5.41) is 5.55. The van der Waals surface area contributed by atoms with Crippen LogP contribution in [0.1, 0.15) is 32.6 Å². The summed E-state index contributed by atoms with van der Waals surface area (Å²) < 4.78 is 0. The van der Waals surface area contributed by atoms with E-state index < -0.39 is 6.04 Å². The summed E-state index contributed by atoms with van der Waals surface area (Å²) in [5.41, 5.74) is 5.36. The summed E-state index contributed by atoms with van der Waals surface area (Å²) >= 11 is 0. The van der Waals surface area contributed by atoms with Crippen LogP contribution in [-0.4, -0.2) is 30.4 Å². The first-order valence-corrected chi connectivity index (χ1v) is 5.42. The van der Waals surface area contributed by atoms with Crippen molar-refractivity contribution in [3.05, 3.63) is 0 Å². The average Bonchev–Trinajstić information content (AvgIpc) is 2.95. The van der Waals surface area contributed by atoms with Gasteiger partial charge in [0.2, 0.25) is 11.8 Å². The molecule has 1 fully saturated rings. The highest BCUT2D eigenvalue weighted by Crippen LogP contribution is 2.18. The van der Waals surface area contributed by atoms with E-state index in [4.69, 9.17) is 5.73 Å². The standard InChI is InChI=1S/C10H19N3O2/c1-7(11)10(15)12-6-2-3-9(14)13-8-4-5-8/h7-8H,2-6,11H2,1H3,(H,12,15)(H,13,14)/t7-/m1/s1. The van der Waals surface area contributed by atoms with E-state index in [9.17, 15) is 9.59 Å². The van der Waals surface area contributed by atoms with Crippen LogP contribution in [0.4, 0.5) is 0 Å². The molecule has 0 aromatic rings. The average molecular weight is 213 g/mol. The van der Waals surface area contributed by atoms with E-state index >= 15 is 0 Å². The molecule has 0 saturated heterocycles. The smallest absolute Gasteiger partial charge is 0.236 e. The number of amides is 2. The minimum absolute atomic E-state index is 0.0764. The molecule has 2 amide bonds. The zero-order chi connectivity index (χ0) is 11.3. The van der Waals surface area contributed by atoms with Gasteiger partial charge in [0.15, 0.2) is 0 Å². The second kappa shape index (κ2) is 5.70. The molecule has 0 aromatic heterocycles. The van der Waals surface area contributed by atoms with Crippen LogP contribution in [0.3, 0.4) is 0 Å². The van der Waals surface area contributed by atoms with Crippen molar-refractivity contribution in [2.45, 2.75) is 44.7 Å². The highest BCUT2D eigenvalue weighted by Gasteiger charge is 2.22. The molecule has 0 bridgehead atoms. The number of rotatable bonds is 6. The van der Waals surface area contributed by atoms with Crippen molar-refractivity contribution in [3.63, 3.8) is 0 Å². The lowest BCUT2D eigenvalue weighted by Crippen LogP contribution is -2.39. The maximum atomic E-state index is 11.2. The lowest BCUT2D eigenvalue weighted by molar-refractivity contribution is -0.123. The van der Waals surface area contributed by atoms with Gasteiger partial charge in [-0.25, -0.2) is 0 Å². The van der Waals surface area contributed by atoms with Crippen LogP contribution in [0.15, 0.2) is 0 Å². The fourth-order valence-corrected chi connectivity index (χ4v) is 1.15. The molecular weight excluding hydrogens is 194 g/mol. The van der Waals surface area contributed by atoms with Crippen molar-refractivity contribution < 1.29 is 9.59 Å². The topological polar surface area (TPSA) is 84.2 Å². The van der Waals surface area contributed by atoms with Gasteiger partial charge in [-0.1, -0.05) is 0 Å². The summed E-state index contributed by atoms with van der Waals surface area (Å²) in [6, 6.07) is -0.0681. The van der Waals surface area contributed by atoms with Gasteiger partial charge in [-0.05, 0) is 26.2 Å². The molecule has 0 radical (unpaired) electrons. The second-order valence-corrected chi connectivity index (χ2v) is 4.03. The van der Waals surface area contributed by atoms with Crippen LogP contribution < -0.4 is 16.4 Å². The Kier molecular flexibility index (Phi) is 4.55. The zero-order valence-corrected chi connectivity index (χ0v) is 9.08. The molecule has 0 heterocycles. The molecule has 1 aliphatic carbocycles. The van der Waals surface area contributed by atoms with E-state index in [1.807, 2.05) is 0 Å². The molecule has 15 heavy (non-hydrogen) atoms. The van der Waals surface area contributed by atoms with E-state index in [2.05, 4.69) is 10.6 Å². The van der Waals surface area contributed by atoms with Gasteiger partial charge in [0.05, 0.1) is 6.04 Å². The molecule has 0 aliphatic heterocycles. The summed E-state index contributed by atoms with van der Waals surface area (Å²) in [6.45, 7) is 2.15. The molecule has 5 nitrogen and oxygen atoms in total. The van der Waals surface area contributed by atoms with Crippen molar-refractivity contribution in [2.24, 2.45) is 5.73 Å². The third-order valence-electron chi connectivity index (χ3n) is 2.24. The highest BCUT2D eigenvalue weighted by atomic mass is 16.2. The van der Waals surface area contributed by atoms with Crippen molar-refractivity contribution in [1.82, 2.24) is 10.6 Å². The van der Waals surface area contributed by atoms with E-state index in [-0.39, 0.29) is 11.8 Å². The predicted molar refractivity (Wildman–Crippen MR) is 57.1 cm³/mol. The first-order chi connectivity index (χ1) is 7.09. The largest absolute Gasteiger partial charge is 0.355 e. The van der Waals surface area contributed by atoms with Crippen LogP contribution in [-0.2, 0) is 9.59 Å². The van der Waals surface area contributed by atoms with Gasteiger partial charge in [-0.2, -0.15) is 0 Å². The Labute approximate surface area is 89.8 Å². The molecule has 0 aromatic carbocycles. The molecule has 0 unspecified atom stereocenters. The van der Waals surface area contributed by atoms with Crippen LogP contribution >= 0.6 is 0 Å². The number of nitrogens with two attached hydrogens (primary N) is 1. The summed E-state index contributed by atoms with van der Waals surface area (Å²) in [4.78, 5) is 22.3. The van der Waals surface area contributed by atoms with E-state index in [1.165, 1.54) is 0 Å². The Bertz CT molecular complexity index is 237. The molecule has 1 aliphatic rings. The number of hydrogen-bond acceptors (Lipinski definition) is 3. The van der Waals surface area contributed by atoms with Gasteiger partial charge in [0.1, 0.15) is 0 Å². The van der Waals surface area contributed by atoms with Crippen molar-refractivity contribution in [3.8, 4) is 0 Å². The van der Waals surface area contributed by atoms with Crippen LogP contribution in [0.2, 0.25) is 0 Å². The Morgan fingerprint density at radius 1 is 1.47 bits per heavy atom. The zero-order valence-electron chi connectivity index (χ0n) is 9.08. The van der Waals surface area contributed by atoms with Gasteiger partial charge >= 0.3 is 0 Å². The van der Waals surface area contributed by atoms with Gasteiger partial charge in [0, 0.05) is 19.0 Å². The third kappa shape index (κ3) is 5.37. The molecule has 86 valence electrons. The van der Waals surface area contributed by atoms with E-state index in [1.54, 1.807) is 6.92 Å². The van der Waals surface area contributed by atoms with Crippen LogP contribution in [0.25, 0.3) is 0 Å². The second-order valence-electron chi connectivity index (χ2n) is 4.03. The molecular formula is C10H19N3O2. The van der Waals surface area contributed by atoms with Gasteiger partial charge in [-0.15, -0.1) is 0 Å². The van der Waals surface area contributed by atoms with Crippen LogP contribution in [0.5, 0.6) is 0 Å². The van der Waals surface area contributed by atoms with E-state index in [0.29, 0.717) is 25.4 Å². The molecule has 5 heteroatoms. The molecule has 1 atom stereocenters. The lowest BCUT2D eigenvalue weighted by Gasteiger charge is -2.07. The van der Waals surface area contributed by atoms with Crippen molar-refractivity contribution >= 4 is 11.8 Å². The SMILES string of the molecule is C[C@@H](N)C(=O)NCCCC(=O)NC1CC1. The monoisotopic (exact) mass is 213 g/mol. The highest BCUT2D eigenvalue weighted by molar-refractivity contribution is 5.81. The van der Waals surface area contributed by atoms with Crippen LogP contribution in [0, 0.1) is 0 Å². The van der Waals surface area contributed by atoms with E-state index in [0.717, 1.165) is 12.8 Å². The fraction of sp³-hybridized carbons (Fsp3) is 0.800. The van der Waals surface area contributed by atoms with Gasteiger partial charge < -0.3 is 16.4 Å². The third-order valence-corrected chi connectivity index (χ3v) is 2.24. The molecule has 0 spiro atoms. The summed E-state index contributed by atoms with van der Waals surface area (Å²) in [7, 11) is 0. The Morgan fingerprint density at radius 3 is 2.67 bits per heavy atom. The lowest BCUT2D eigenvalue weighted by atomic mass is 10.2. The summed E-state index contributed by atoms with van der Waals surface area (Å²) in [5.74, 6) is -0.0925. The Hall–Kier alpha value is -1.10. The number of carbonyl (C=O) groups excluding carboxylic acids is 2. The van der Waals surface area contributed by atoms with Gasteiger partial charge in [-0.3, -0.25) is 9.59 Å². The number of hydrogen-bond donors (Lipinski definition) is 3. The Morgan fingerprint density at radius 2 is 2.13 bits per heavy atom. The first-order valence-electron chi connectivity index (χ1n) is 5.42. The minimum Gasteiger partial charge on any atom is -0.355 e. The Balaban J connectivity index is 1.95. The summed E-state index contributed by atoms with van der Waals surface area (Å²) in [6.07, 6.45) is 3.34. The quantitative estimate of drug-likeness (QED) is 0.520. The number of carbonyl (C=O) groups is 2. The maximum absolute atomic E-state index is 11.2. The normalized spacial score (nSPS) is 16.9. The van der Waals surface area contributed by atoms with Crippen molar-refractivity contribution in [2.75, 3.05) is 6.54 Å². The fourth-order valence-electron chi connectivity index (χ4n) is 1.15. The van der Waals surface area contributed by atoms with Gasteiger partial charge in [0.25, 0.3) is 0 Å². The first kappa shape index (κ1) is 12.0. The van der Waals surface area contributed by atoms with Crippen molar-refractivity contribution in [1.29, 1.82) is 0 Å². The molecule has 1 saturated carbocycles. The number of nitrogens with one attached hydrogen (secondary N) is 2. The molecule has 4 N–H and O–H groups in total. The maximum Gasteiger partial charge on any atom is 0.236 e. The molecule has 1 rings (SSSR count). The predicted octanol–water partition coefficient (Wildman–Crippen LogP) is -0.491.